The van der Waals surface area contributed by atoms with Crippen LogP contribution in [0.25, 0.3) is 0 Å². The molecule has 0 unspecified atom stereocenters. The van der Waals surface area contributed by atoms with Crippen molar-refractivity contribution in [3.05, 3.63) is 27.8 Å². The molecule has 0 bridgehead atoms. The van der Waals surface area contributed by atoms with Gasteiger partial charge in [-0.3, -0.25) is 10.1 Å². The molecule has 0 spiro atoms. The van der Waals surface area contributed by atoms with Gasteiger partial charge in [0.15, 0.2) is 0 Å². The molecule has 1 fully saturated rings. The van der Waals surface area contributed by atoms with E-state index in [4.69, 9.17) is 0 Å². The molecule has 8 heteroatoms. The maximum atomic E-state index is 12.6. The van der Waals surface area contributed by atoms with E-state index in [1.54, 1.807) is 14.0 Å². The normalized spacial score (nSPS) is 15.2. The highest BCUT2D eigenvalue weighted by atomic mass is 32.2. The zero-order valence-corrected chi connectivity index (χ0v) is 13.1. The fraction of sp³-hybridized carbons (Fsp3) is 0.538. The van der Waals surface area contributed by atoms with Crippen LogP contribution in [0.5, 0.6) is 0 Å². The minimum atomic E-state index is -3.70. The number of nitro benzene ring substituents is 1. The van der Waals surface area contributed by atoms with Crippen molar-refractivity contribution in [1.29, 1.82) is 0 Å². The number of benzene rings is 1. The number of anilines is 1. The monoisotopic (exact) mass is 313 g/mol. The summed E-state index contributed by atoms with van der Waals surface area (Å²) in [6, 6.07) is 2.63. The lowest BCUT2D eigenvalue weighted by molar-refractivity contribution is -0.384. The van der Waals surface area contributed by atoms with Gasteiger partial charge in [-0.25, -0.2) is 12.7 Å². The molecule has 1 aliphatic carbocycles. The average molecular weight is 313 g/mol. The maximum absolute atomic E-state index is 12.6. The van der Waals surface area contributed by atoms with Crippen molar-refractivity contribution in [3.63, 3.8) is 0 Å². The van der Waals surface area contributed by atoms with Crippen LogP contribution < -0.4 is 5.32 Å². The molecule has 0 radical (unpaired) electrons. The third-order valence-electron chi connectivity index (χ3n) is 3.66. The maximum Gasteiger partial charge on any atom is 0.293 e. The largest absolute Gasteiger partial charge is 0.383 e. The second-order valence-corrected chi connectivity index (χ2v) is 7.38. The van der Waals surface area contributed by atoms with Crippen molar-refractivity contribution in [2.45, 2.75) is 24.7 Å². The Labute approximate surface area is 124 Å². The third kappa shape index (κ3) is 3.16. The number of nitrogens with zero attached hydrogens (tertiary/aromatic N) is 2. The molecule has 7 nitrogen and oxygen atoms in total. The van der Waals surface area contributed by atoms with E-state index in [0.29, 0.717) is 23.7 Å². The van der Waals surface area contributed by atoms with Crippen LogP contribution in [0.15, 0.2) is 17.0 Å². The fourth-order valence-corrected chi connectivity index (χ4v) is 3.71. The van der Waals surface area contributed by atoms with Crippen LogP contribution in [0.1, 0.15) is 18.4 Å². The highest BCUT2D eigenvalue weighted by molar-refractivity contribution is 7.89. The molecule has 21 heavy (non-hydrogen) atoms. The van der Waals surface area contributed by atoms with E-state index in [9.17, 15) is 18.5 Å². The van der Waals surface area contributed by atoms with E-state index in [1.165, 1.54) is 17.4 Å². The van der Waals surface area contributed by atoms with E-state index in [1.807, 2.05) is 0 Å². The van der Waals surface area contributed by atoms with Crippen LogP contribution in [-0.2, 0) is 10.0 Å². The summed E-state index contributed by atoms with van der Waals surface area (Å²) >= 11 is 0. The number of nitro groups is 1. The molecule has 1 aliphatic rings. The smallest absolute Gasteiger partial charge is 0.293 e. The van der Waals surface area contributed by atoms with Crippen LogP contribution >= 0.6 is 0 Å². The molecule has 0 aromatic heterocycles. The van der Waals surface area contributed by atoms with Gasteiger partial charge in [-0.1, -0.05) is 0 Å². The van der Waals surface area contributed by atoms with E-state index < -0.39 is 14.9 Å². The van der Waals surface area contributed by atoms with Crippen LogP contribution in [-0.4, -0.2) is 38.3 Å². The minimum Gasteiger partial charge on any atom is -0.383 e. The lowest BCUT2D eigenvalue weighted by Crippen LogP contribution is -2.29. The highest BCUT2D eigenvalue weighted by Crippen LogP contribution is 2.34. The molecule has 0 amide bonds. The zero-order chi connectivity index (χ0) is 15.8. The highest BCUT2D eigenvalue weighted by Gasteiger charge is 2.31. The number of aryl methyl sites for hydroxylation is 1. The van der Waals surface area contributed by atoms with Crippen molar-refractivity contribution in [1.82, 2.24) is 4.31 Å². The Morgan fingerprint density at radius 1 is 1.43 bits per heavy atom. The molecule has 1 N–H and O–H groups in total. The quantitative estimate of drug-likeness (QED) is 0.640. The van der Waals surface area contributed by atoms with E-state index in [2.05, 4.69) is 5.32 Å². The molecule has 1 saturated carbocycles. The Bertz CT molecular complexity index is 668. The van der Waals surface area contributed by atoms with Crippen molar-refractivity contribution in [2.75, 3.05) is 26.0 Å². The minimum absolute atomic E-state index is 0.00338. The van der Waals surface area contributed by atoms with Gasteiger partial charge in [-0.05, 0) is 37.3 Å². The molecule has 1 aromatic rings. The molecule has 0 atom stereocenters. The van der Waals surface area contributed by atoms with Crippen molar-refractivity contribution >= 4 is 21.4 Å². The molecule has 2 rings (SSSR count). The van der Waals surface area contributed by atoms with Gasteiger partial charge in [0, 0.05) is 26.7 Å². The summed E-state index contributed by atoms with van der Waals surface area (Å²) < 4.78 is 26.4. The summed E-state index contributed by atoms with van der Waals surface area (Å²) in [5, 5.41) is 13.8. The number of hydrogen-bond acceptors (Lipinski definition) is 5. The van der Waals surface area contributed by atoms with E-state index in [0.717, 1.165) is 18.9 Å². The van der Waals surface area contributed by atoms with Gasteiger partial charge in [-0.2, -0.15) is 0 Å². The van der Waals surface area contributed by atoms with Gasteiger partial charge >= 0.3 is 0 Å². The Balaban J connectivity index is 2.46. The topological polar surface area (TPSA) is 92.6 Å². The number of nitrogens with one attached hydrogen (secondary N) is 1. The second-order valence-electron chi connectivity index (χ2n) is 5.37. The first kappa shape index (κ1) is 15.7. The third-order valence-corrected chi connectivity index (χ3v) is 5.63. The summed E-state index contributed by atoms with van der Waals surface area (Å²) in [5.74, 6) is 0.414. The first-order valence-electron chi connectivity index (χ1n) is 6.70. The van der Waals surface area contributed by atoms with Crippen molar-refractivity contribution < 1.29 is 13.3 Å². The van der Waals surface area contributed by atoms with Crippen molar-refractivity contribution in [3.8, 4) is 0 Å². The van der Waals surface area contributed by atoms with Gasteiger partial charge in [0.2, 0.25) is 10.0 Å². The number of rotatable bonds is 6. The first-order valence-corrected chi connectivity index (χ1v) is 8.14. The predicted molar refractivity (Wildman–Crippen MR) is 79.9 cm³/mol. The fourth-order valence-electron chi connectivity index (χ4n) is 2.24. The molecular weight excluding hydrogens is 294 g/mol. The van der Waals surface area contributed by atoms with Gasteiger partial charge in [0.05, 0.1) is 9.82 Å². The van der Waals surface area contributed by atoms with Crippen LogP contribution in [0.3, 0.4) is 0 Å². The van der Waals surface area contributed by atoms with Crippen LogP contribution in [0.2, 0.25) is 0 Å². The summed E-state index contributed by atoms with van der Waals surface area (Å²) in [5.41, 5.74) is 0.565. The molecule has 1 aromatic carbocycles. The summed E-state index contributed by atoms with van der Waals surface area (Å²) in [6.45, 7) is 2.10. The van der Waals surface area contributed by atoms with E-state index in [-0.39, 0.29) is 10.6 Å². The summed E-state index contributed by atoms with van der Waals surface area (Å²) in [7, 11) is -0.621. The van der Waals surface area contributed by atoms with Crippen LogP contribution in [0.4, 0.5) is 11.4 Å². The average Bonchev–Trinajstić information content (AvgIpc) is 3.21. The predicted octanol–water partition coefficient (Wildman–Crippen LogP) is 1.98. The van der Waals surface area contributed by atoms with Gasteiger partial charge < -0.3 is 5.32 Å². The first-order chi connectivity index (χ1) is 9.77. The Hall–Kier alpha value is -1.67. The van der Waals surface area contributed by atoms with Crippen molar-refractivity contribution in [2.24, 2.45) is 5.92 Å². The zero-order valence-electron chi connectivity index (χ0n) is 12.3. The van der Waals surface area contributed by atoms with Gasteiger partial charge in [0.1, 0.15) is 5.69 Å². The Morgan fingerprint density at radius 3 is 2.52 bits per heavy atom. The molecule has 116 valence electrons. The van der Waals surface area contributed by atoms with Gasteiger partial charge in [0.25, 0.3) is 5.69 Å². The molecule has 0 saturated heterocycles. The Morgan fingerprint density at radius 2 is 2.05 bits per heavy atom. The number of hydrogen-bond donors (Lipinski definition) is 1. The summed E-state index contributed by atoms with van der Waals surface area (Å²) in [6.07, 6.45) is 2.08. The van der Waals surface area contributed by atoms with Gasteiger partial charge in [-0.15, -0.1) is 0 Å². The SMILES string of the molecule is CNc1cc(C)c(S(=O)(=O)N(C)CC2CC2)cc1[N+](=O)[O-]. The molecule has 0 heterocycles. The number of sulfonamides is 1. The summed E-state index contributed by atoms with van der Waals surface area (Å²) in [4.78, 5) is 10.5. The van der Waals surface area contributed by atoms with E-state index >= 15 is 0 Å². The second kappa shape index (κ2) is 5.61. The Kier molecular flexibility index (Phi) is 4.20. The lowest BCUT2D eigenvalue weighted by atomic mass is 10.2. The lowest BCUT2D eigenvalue weighted by Gasteiger charge is -2.18. The van der Waals surface area contributed by atoms with Crippen LogP contribution in [0, 0.1) is 23.0 Å². The standard InChI is InChI=1S/C13H19N3O4S/c1-9-6-11(14-2)12(16(17)18)7-13(9)21(19,20)15(3)8-10-4-5-10/h6-7,10,14H,4-5,8H2,1-3H3. The molecular formula is C13H19N3O4S. The molecule has 0 aliphatic heterocycles.